The van der Waals surface area contributed by atoms with Crippen LogP contribution in [0, 0.1) is 5.82 Å². The molecule has 1 N–H and O–H groups in total. The van der Waals surface area contributed by atoms with Crippen LogP contribution >= 0.6 is 0 Å². The van der Waals surface area contributed by atoms with Crippen LogP contribution in [-0.2, 0) is 16.4 Å². The third-order valence-electron chi connectivity index (χ3n) is 7.09. The molecule has 1 aromatic carbocycles. The van der Waals surface area contributed by atoms with Gasteiger partial charge in [0.25, 0.3) is 11.8 Å². The largest absolute Gasteiger partial charge is 0.495 e. The van der Waals surface area contributed by atoms with Crippen LogP contribution in [0.1, 0.15) is 40.5 Å². The normalized spacial score (nSPS) is 20.2. The number of pyridine rings is 3. The van der Waals surface area contributed by atoms with E-state index < -0.39 is 56.0 Å². The number of halogens is 4. The zero-order valence-electron chi connectivity index (χ0n) is 21.9. The molecule has 1 amide bonds. The molecular weight excluding hydrogens is 580 g/mol. The van der Waals surface area contributed by atoms with Crippen LogP contribution in [0.15, 0.2) is 53.6 Å². The predicted octanol–water partition coefficient (Wildman–Crippen LogP) is 4.74. The average Bonchev–Trinajstić information content (AvgIpc) is 3.64. The number of alkyl halides is 3. The molecule has 0 bridgehead atoms. The fourth-order valence-electron chi connectivity index (χ4n) is 4.70. The summed E-state index contributed by atoms with van der Waals surface area (Å²) < 4.78 is 91.6. The summed E-state index contributed by atoms with van der Waals surface area (Å²) in [6, 6.07) is 9.92. The highest BCUT2D eigenvalue weighted by atomic mass is 32.2. The number of nitrogens with zero attached hydrogens (tertiary/aromatic N) is 3. The maximum Gasteiger partial charge on any atom is 0.257 e. The summed E-state index contributed by atoms with van der Waals surface area (Å²) in [7, 11) is -3.16. The number of fused-ring (bicyclic) bond motifs is 2. The first kappa shape index (κ1) is 27.8. The number of rotatable bonds is 6. The molecule has 3 aromatic heterocycles. The van der Waals surface area contributed by atoms with Crippen LogP contribution in [0.3, 0.4) is 0 Å². The molecule has 6 rings (SSSR count). The van der Waals surface area contributed by atoms with Crippen molar-refractivity contribution in [2.45, 2.75) is 41.6 Å². The van der Waals surface area contributed by atoms with Gasteiger partial charge in [-0.2, -0.15) is 0 Å². The van der Waals surface area contributed by atoms with E-state index in [1.165, 1.54) is 13.3 Å². The van der Waals surface area contributed by atoms with Crippen molar-refractivity contribution in [3.05, 3.63) is 71.4 Å². The van der Waals surface area contributed by atoms with E-state index in [0.29, 0.717) is 28.0 Å². The Kier molecular flexibility index (Phi) is 6.75. The lowest BCUT2D eigenvalue weighted by atomic mass is 10.1. The molecule has 0 spiro atoms. The number of carbonyl (C=O) groups is 1. The van der Waals surface area contributed by atoms with Gasteiger partial charge in [0.2, 0.25) is 15.3 Å². The van der Waals surface area contributed by atoms with Gasteiger partial charge in [-0.1, -0.05) is 0 Å². The van der Waals surface area contributed by atoms with Gasteiger partial charge in [0.15, 0.2) is 11.6 Å². The Balaban J connectivity index is 1.24. The molecule has 1 aliphatic heterocycles. The first-order valence-electron chi connectivity index (χ1n) is 12.8. The Morgan fingerprint density at radius 2 is 1.88 bits per heavy atom. The van der Waals surface area contributed by atoms with Crippen molar-refractivity contribution in [3.8, 4) is 22.9 Å². The van der Waals surface area contributed by atoms with Crippen LogP contribution in [0.5, 0.6) is 11.5 Å². The molecule has 1 saturated carbocycles. The molecule has 42 heavy (non-hydrogen) atoms. The fraction of sp³-hybridized carbons (Fsp3) is 0.286. The van der Waals surface area contributed by atoms with Crippen LogP contribution in [-0.4, -0.2) is 54.4 Å². The third-order valence-corrected chi connectivity index (χ3v) is 8.92. The summed E-state index contributed by atoms with van der Waals surface area (Å²) in [5, 5.41) is 3.20. The van der Waals surface area contributed by atoms with Crippen LogP contribution in [0.2, 0.25) is 0 Å². The van der Waals surface area contributed by atoms with E-state index in [1.807, 2.05) is 0 Å². The van der Waals surface area contributed by atoms with Gasteiger partial charge in [0.1, 0.15) is 10.6 Å². The molecule has 1 aliphatic carbocycles. The lowest BCUT2D eigenvalue weighted by molar-refractivity contribution is 0.0949. The number of hydrogen-bond donors (Lipinski definition) is 1. The van der Waals surface area contributed by atoms with Crippen LogP contribution in [0.25, 0.3) is 22.3 Å². The number of methoxy groups -OCH3 is 1. The standard InChI is InChI=1S/C28H22F4N4O5S/c1-40-22-5-4-20(36-25(22)17-11-28(17,31)32)19-3-2-14-12-33-16(10-21(14)35-19)13-34-27(37)15-8-18(29)26-23(9-15)42(38,39)24(30)6-7-41-26/h2-5,8-10,12,17,24H,6-7,11,13H2,1H3,(H,34,37)/t17-,24+/m0/s1. The maximum absolute atomic E-state index is 14.6. The quantitative estimate of drug-likeness (QED) is 0.314. The topological polar surface area (TPSA) is 120 Å². The van der Waals surface area contributed by atoms with E-state index in [4.69, 9.17) is 9.47 Å². The Labute approximate surface area is 236 Å². The monoisotopic (exact) mass is 602 g/mol. The number of amides is 1. The molecule has 0 saturated heterocycles. The highest BCUT2D eigenvalue weighted by Gasteiger charge is 2.59. The van der Waals surface area contributed by atoms with E-state index in [1.54, 1.807) is 30.3 Å². The van der Waals surface area contributed by atoms with Gasteiger partial charge in [-0.3, -0.25) is 9.78 Å². The third kappa shape index (κ3) is 4.99. The van der Waals surface area contributed by atoms with Gasteiger partial charge in [-0.25, -0.2) is 35.9 Å². The van der Waals surface area contributed by atoms with Gasteiger partial charge in [-0.15, -0.1) is 0 Å². The van der Waals surface area contributed by atoms with E-state index in [9.17, 15) is 30.8 Å². The number of aromatic nitrogens is 3. The molecule has 4 heterocycles. The SMILES string of the molecule is COc1ccc(-c2ccc3cnc(CNC(=O)c4cc(F)c5c(c4)S(=O)(=O)[C@@H](F)CCO5)cc3n2)nc1[C@@H]1CC1(F)F. The first-order chi connectivity index (χ1) is 20.0. The van der Waals surface area contributed by atoms with Crippen molar-refractivity contribution in [3.63, 3.8) is 0 Å². The first-order valence-corrected chi connectivity index (χ1v) is 14.3. The minimum Gasteiger partial charge on any atom is -0.495 e. The minimum atomic E-state index is -4.55. The highest BCUT2D eigenvalue weighted by molar-refractivity contribution is 7.92. The summed E-state index contributed by atoms with van der Waals surface area (Å²) in [5.74, 6) is -6.12. The zero-order chi connectivity index (χ0) is 29.8. The molecule has 9 nitrogen and oxygen atoms in total. The zero-order valence-corrected chi connectivity index (χ0v) is 22.7. The van der Waals surface area contributed by atoms with Crippen molar-refractivity contribution < 1.29 is 40.2 Å². The van der Waals surface area contributed by atoms with Crippen LogP contribution in [0.4, 0.5) is 17.6 Å². The van der Waals surface area contributed by atoms with Gasteiger partial charge in [0, 0.05) is 30.0 Å². The summed E-state index contributed by atoms with van der Waals surface area (Å²) in [4.78, 5) is 25.4. The number of nitrogens with one attached hydrogen (secondary N) is 1. The Morgan fingerprint density at radius 3 is 2.62 bits per heavy atom. The predicted molar refractivity (Wildman–Crippen MR) is 141 cm³/mol. The lowest BCUT2D eigenvalue weighted by Gasteiger charge is -2.12. The Hall–Kier alpha value is -4.33. The Morgan fingerprint density at radius 1 is 1.14 bits per heavy atom. The van der Waals surface area contributed by atoms with E-state index in [0.717, 1.165) is 12.1 Å². The number of benzene rings is 1. The molecule has 2 aliphatic rings. The van der Waals surface area contributed by atoms with Gasteiger partial charge < -0.3 is 14.8 Å². The van der Waals surface area contributed by atoms with E-state index >= 15 is 0 Å². The van der Waals surface area contributed by atoms with Crippen molar-refractivity contribution in [2.75, 3.05) is 13.7 Å². The van der Waals surface area contributed by atoms with Crippen LogP contribution < -0.4 is 14.8 Å². The average molecular weight is 603 g/mol. The number of ether oxygens (including phenoxy) is 2. The Bertz CT molecular complexity index is 1850. The maximum atomic E-state index is 14.6. The summed E-state index contributed by atoms with van der Waals surface area (Å²) in [6.07, 6.45) is 0.760. The molecule has 4 aromatic rings. The number of carbonyl (C=O) groups excluding carboxylic acids is 1. The lowest BCUT2D eigenvalue weighted by Crippen LogP contribution is -2.24. The van der Waals surface area contributed by atoms with E-state index in [2.05, 4.69) is 20.3 Å². The van der Waals surface area contributed by atoms with Gasteiger partial charge in [0.05, 0.1) is 54.5 Å². The minimum absolute atomic E-state index is 0.129. The molecule has 218 valence electrons. The second kappa shape index (κ2) is 10.2. The number of hydrogen-bond acceptors (Lipinski definition) is 8. The van der Waals surface area contributed by atoms with Crippen molar-refractivity contribution in [1.82, 2.24) is 20.3 Å². The molecule has 0 radical (unpaired) electrons. The molecular formula is C28H22F4N4O5S. The smallest absolute Gasteiger partial charge is 0.257 e. The summed E-state index contributed by atoms with van der Waals surface area (Å²) in [6.45, 7) is -0.457. The van der Waals surface area contributed by atoms with Gasteiger partial charge >= 0.3 is 0 Å². The molecule has 1 fully saturated rings. The van der Waals surface area contributed by atoms with Crippen molar-refractivity contribution in [1.29, 1.82) is 0 Å². The molecule has 2 atom stereocenters. The van der Waals surface area contributed by atoms with E-state index in [-0.39, 0.29) is 36.6 Å². The number of sulfone groups is 1. The molecule has 14 heteroatoms. The second-order valence-electron chi connectivity index (χ2n) is 9.93. The highest BCUT2D eigenvalue weighted by Crippen LogP contribution is 2.57. The van der Waals surface area contributed by atoms with Gasteiger partial charge in [-0.05, 0) is 42.5 Å². The molecule has 0 unspecified atom stereocenters. The summed E-state index contributed by atoms with van der Waals surface area (Å²) in [5.41, 5.74) is -0.808. The fourth-order valence-corrected chi connectivity index (χ4v) is 6.09. The summed E-state index contributed by atoms with van der Waals surface area (Å²) >= 11 is 0. The van der Waals surface area contributed by atoms with Crippen molar-refractivity contribution >= 4 is 26.6 Å². The second-order valence-corrected chi connectivity index (χ2v) is 12.0. The van der Waals surface area contributed by atoms with Crippen molar-refractivity contribution in [2.24, 2.45) is 0 Å².